The molecule has 0 spiro atoms. The van der Waals surface area contributed by atoms with Crippen molar-refractivity contribution in [3.8, 4) is 11.3 Å². The first-order valence-electron chi connectivity index (χ1n) is 9.32. The fraction of sp³-hybridized carbons (Fsp3) is 0.400. The number of nitrogens with zero attached hydrogens (tertiary/aromatic N) is 2. The Morgan fingerprint density at radius 1 is 1.11 bits per heavy atom. The fourth-order valence-corrected chi connectivity index (χ4v) is 3.81. The first-order valence-corrected chi connectivity index (χ1v) is 9.32. The van der Waals surface area contributed by atoms with Crippen LogP contribution >= 0.6 is 0 Å². The number of hydrogen-bond acceptors (Lipinski definition) is 5. The normalized spacial score (nSPS) is 25.9. The molecule has 3 unspecified atom stereocenters. The lowest BCUT2D eigenvalue weighted by molar-refractivity contribution is -0.136. The fourth-order valence-electron chi connectivity index (χ4n) is 3.81. The van der Waals surface area contributed by atoms with E-state index in [1.807, 2.05) is 18.2 Å². The smallest absolute Gasteiger partial charge is 0.251 e. The number of hydrogen-bond donors (Lipinski definition) is 2. The summed E-state index contributed by atoms with van der Waals surface area (Å²) in [6, 6.07) is 9.78. The lowest BCUT2D eigenvalue weighted by Gasteiger charge is -2.27. The van der Waals surface area contributed by atoms with E-state index in [9.17, 15) is 14.4 Å². The Balaban J connectivity index is 1.48. The molecule has 2 fully saturated rings. The summed E-state index contributed by atoms with van der Waals surface area (Å²) in [4.78, 5) is 34.4. The van der Waals surface area contributed by atoms with E-state index in [1.54, 1.807) is 10.9 Å². The van der Waals surface area contributed by atoms with Gasteiger partial charge in [-0.15, -0.1) is 0 Å². The van der Waals surface area contributed by atoms with Gasteiger partial charge in [-0.3, -0.25) is 19.6 Å². The molecule has 27 heavy (non-hydrogen) atoms. The Morgan fingerprint density at radius 2 is 1.93 bits per heavy atom. The Labute approximate surface area is 157 Å². The molecule has 2 aromatic rings. The number of benzene rings is 1. The molecule has 140 valence electrons. The third-order valence-corrected chi connectivity index (χ3v) is 5.38. The van der Waals surface area contributed by atoms with E-state index in [2.05, 4.69) is 27.9 Å². The van der Waals surface area contributed by atoms with Gasteiger partial charge in [-0.05, 0) is 37.4 Å². The molecule has 2 saturated heterocycles. The van der Waals surface area contributed by atoms with Crippen LogP contribution < -0.4 is 10.6 Å². The third-order valence-electron chi connectivity index (χ3n) is 5.38. The summed E-state index contributed by atoms with van der Waals surface area (Å²) in [5.41, 5.74) is 2.91. The molecule has 4 rings (SSSR count). The predicted octanol–water partition coefficient (Wildman–Crippen LogP) is 1.77. The van der Waals surface area contributed by atoms with Crippen molar-refractivity contribution in [1.82, 2.24) is 20.4 Å². The van der Waals surface area contributed by atoms with Crippen molar-refractivity contribution >= 4 is 18.1 Å². The van der Waals surface area contributed by atoms with Crippen molar-refractivity contribution in [3.05, 3.63) is 42.1 Å². The van der Waals surface area contributed by atoms with Gasteiger partial charge >= 0.3 is 0 Å². The van der Waals surface area contributed by atoms with E-state index in [0.29, 0.717) is 12.8 Å². The zero-order chi connectivity index (χ0) is 18.8. The Hall–Kier alpha value is -2.80. The molecule has 7 heteroatoms. The highest BCUT2D eigenvalue weighted by molar-refractivity contribution is 5.99. The number of carbonyl (C=O) groups excluding carboxylic acids is 3. The minimum absolute atomic E-state index is 0.125. The number of imide groups is 1. The van der Waals surface area contributed by atoms with Crippen molar-refractivity contribution < 1.29 is 14.4 Å². The number of nitrogens with one attached hydrogen (secondary N) is 2. The number of carbonyl (C=O) groups is 3. The van der Waals surface area contributed by atoms with E-state index in [0.717, 1.165) is 42.5 Å². The van der Waals surface area contributed by atoms with Crippen LogP contribution in [0.3, 0.4) is 0 Å². The maximum atomic E-state index is 12.0. The van der Waals surface area contributed by atoms with Crippen LogP contribution in [0.1, 0.15) is 43.3 Å². The monoisotopic (exact) mass is 366 g/mol. The van der Waals surface area contributed by atoms with Crippen LogP contribution in [-0.2, 0) is 14.4 Å². The van der Waals surface area contributed by atoms with Crippen LogP contribution in [0.2, 0.25) is 0 Å². The Kier molecular flexibility index (Phi) is 4.85. The predicted molar refractivity (Wildman–Crippen MR) is 98.6 cm³/mol. The van der Waals surface area contributed by atoms with Crippen molar-refractivity contribution in [2.75, 3.05) is 6.54 Å². The molecule has 2 N–H and O–H groups in total. The first kappa shape index (κ1) is 17.6. The van der Waals surface area contributed by atoms with E-state index in [1.165, 1.54) is 0 Å². The zero-order valence-corrected chi connectivity index (χ0v) is 14.9. The van der Waals surface area contributed by atoms with E-state index in [4.69, 9.17) is 0 Å². The number of amides is 2. The largest absolute Gasteiger partial charge is 0.310 e. The van der Waals surface area contributed by atoms with E-state index >= 15 is 0 Å². The van der Waals surface area contributed by atoms with Gasteiger partial charge in [0.05, 0.1) is 5.69 Å². The van der Waals surface area contributed by atoms with Gasteiger partial charge in [-0.1, -0.05) is 24.3 Å². The van der Waals surface area contributed by atoms with Crippen molar-refractivity contribution in [1.29, 1.82) is 0 Å². The van der Waals surface area contributed by atoms with Crippen LogP contribution in [0, 0.1) is 5.92 Å². The van der Waals surface area contributed by atoms with Crippen molar-refractivity contribution in [3.63, 3.8) is 0 Å². The van der Waals surface area contributed by atoms with E-state index < -0.39 is 6.04 Å². The summed E-state index contributed by atoms with van der Waals surface area (Å²) in [6.07, 6.45) is 5.36. The molecule has 3 heterocycles. The molecule has 0 radical (unpaired) electrons. The van der Waals surface area contributed by atoms with Gasteiger partial charge in [0, 0.05) is 30.1 Å². The summed E-state index contributed by atoms with van der Waals surface area (Å²) in [5, 5.41) is 10.4. The summed E-state index contributed by atoms with van der Waals surface area (Å²) >= 11 is 0. The molecule has 2 amide bonds. The van der Waals surface area contributed by atoms with Crippen LogP contribution in [0.5, 0.6) is 0 Å². The summed E-state index contributed by atoms with van der Waals surface area (Å²) < 4.78 is 1.63. The molecule has 2 aliphatic rings. The second-order valence-corrected chi connectivity index (χ2v) is 7.20. The molecule has 1 aromatic carbocycles. The number of rotatable bonds is 4. The van der Waals surface area contributed by atoms with Crippen LogP contribution in [0.25, 0.3) is 11.3 Å². The van der Waals surface area contributed by atoms with Gasteiger partial charge < -0.3 is 10.1 Å². The van der Waals surface area contributed by atoms with Crippen LogP contribution in [0.15, 0.2) is 36.5 Å². The zero-order valence-electron chi connectivity index (χ0n) is 14.9. The van der Waals surface area contributed by atoms with Crippen molar-refractivity contribution in [2.24, 2.45) is 5.92 Å². The van der Waals surface area contributed by atoms with Gasteiger partial charge in [0.25, 0.3) is 5.91 Å². The number of aldehydes is 1. The standard InChI is InChI=1S/C20H22N4O3/c25-12-13-7-9-21-17(11-13)15-3-1-14(2-4-15)16-8-10-24(23-16)18-5-6-19(26)22-20(18)27/h1-4,8,10,12-13,17-18,21H,5-7,9,11H2,(H,22,26,27). The molecule has 0 bridgehead atoms. The first-order chi connectivity index (χ1) is 13.1. The van der Waals surface area contributed by atoms with Gasteiger partial charge in [0.1, 0.15) is 12.3 Å². The van der Waals surface area contributed by atoms with Gasteiger partial charge in [0.15, 0.2) is 0 Å². The molecule has 3 atom stereocenters. The molecular weight excluding hydrogens is 344 g/mol. The minimum Gasteiger partial charge on any atom is -0.310 e. The second kappa shape index (κ2) is 7.44. The van der Waals surface area contributed by atoms with Gasteiger partial charge in [0.2, 0.25) is 5.91 Å². The highest BCUT2D eigenvalue weighted by Gasteiger charge is 2.28. The lowest BCUT2D eigenvalue weighted by Crippen LogP contribution is -2.41. The summed E-state index contributed by atoms with van der Waals surface area (Å²) in [7, 11) is 0. The van der Waals surface area contributed by atoms with Gasteiger partial charge in [-0.25, -0.2) is 0 Å². The molecular formula is C20H22N4O3. The van der Waals surface area contributed by atoms with Crippen LogP contribution in [0.4, 0.5) is 0 Å². The molecule has 0 saturated carbocycles. The minimum atomic E-state index is -0.442. The average Bonchev–Trinajstić information content (AvgIpc) is 3.18. The molecule has 1 aromatic heterocycles. The summed E-state index contributed by atoms with van der Waals surface area (Å²) in [6.45, 7) is 0.853. The molecule has 7 nitrogen and oxygen atoms in total. The Bertz CT molecular complexity index is 858. The van der Waals surface area contributed by atoms with Crippen LogP contribution in [-0.4, -0.2) is 34.4 Å². The second-order valence-electron chi connectivity index (χ2n) is 7.20. The molecule has 2 aliphatic heterocycles. The maximum absolute atomic E-state index is 12.0. The highest BCUT2D eigenvalue weighted by atomic mass is 16.2. The lowest BCUT2D eigenvalue weighted by atomic mass is 9.89. The topological polar surface area (TPSA) is 93.1 Å². The Morgan fingerprint density at radius 3 is 2.67 bits per heavy atom. The SMILES string of the molecule is O=CC1CCNC(c2ccc(-c3ccn(C4CCC(=O)NC4=O)n3)cc2)C1. The average molecular weight is 366 g/mol. The summed E-state index contributed by atoms with van der Waals surface area (Å²) in [5.74, 6) is -0.406. The quantitative estimate of drug-likeness (QED) is 0.635. The van der Waals surface area contributed by atoms with Gasteiger partial charge in [-0.2, -0.15) is 5.10 Å². The number of piperidine rings is 2. The number of aromatic nitrogens is 2. The highest BCUT2D eigenvalue weighted by Crippen LogP contribution is 2.28. The maximum Gasteiger partial charge on any atom is 0.251 e. The molecule has 0 aliphatic carbocycles. The third kappa shape index (κ3) is 3.68. The van der Waals surface area contributed by atoms with E-state index in [-0.39, 0.29) is 23.8 Å². The van der Waals surface area contributed by atoms with Crippen molar-refractivity contribution in [2.45, 2.75) is 37.8 Å².